The molecule has 3 atom stereocenters. The van der Waals surface area contributed by atoms with Gasteiger partial charge in [0.2, 0.25) is 0 Å². The molecule has 0 radical (unpaired) electrons. The largest absolute Gasteiger partial charge is 0.508 e. The smallest absolute Gasteiger partial charge is 0.410 e. The number of amides is 1. The summed E-state index contributed by atoms with van der Waals surface area (Å²) in [5, 5.41) is 19.8. The maximum absolute atomic E-state index is 12.4. The molecule has 0 bridgehead atoms. The number of rotatable bonds is 4. The number of hydrogen-bond acceptors (Lipinski definition) is 4. The molecule has 132 valence electrons. The van der Waals surface area contributed by atoms with Crippen molar-refractivity contribution in [2.24, 2.45) is 0 Å². The summed E-state index contributed by atoms with van der Waals surface area (Å²) in [6, 6.07) is 16.7. The molecule has 3 rings (SSSR count). The Kier molecular flexibility index (Phi) is 5.24. The van der Waals surface area contributed by atoms with E-state index in [1.54, 1.807) is 24.0 Å². The van der Waals surface area contributed by atoms with Gasteiger partial charge in [0, 0.05) is 12.0 Å². The van der Waals surface area contributed by atoms with Gasteiger partial charge in [-0.15, -0.1) is 0 Å². The van der Waals surface area contributed by atoms with Gasteiger partial charge < -0.3 is 19.8 Å². The second-order valence-electron chi connectivity index (χ2n) is 6.29. The van der Waals surface area contributed by atoms with Crippen LogP contribution in [0.3, 0.4) is 0 Å². The zero-order valence-electron chi connectivity index (χ0n) is 14.2. The van der Waals surface area contributed by atoms with Crippen molar-refractivity contribution >= 4 is 6.09 Å². The van der Waals surface area contributed by atoms with Crippen LogP contribution in [0.2, 0.25) is 0 Å². The zero-order valence-corrected chi connectivity index (χ0v) is 14.2. The number of nitrogens with zero attached hydrogens (tertiary/aromatic N) is 1. The summed E-state index contributed by atoms with van der Waals surface area (Å²) in [6.07, 6.45) is -0.485. The highest BCUT2D eigenvalue weighted by Gasteiger charge is 2.41. The topological polar surface area (TPSA) is 70.0 Å². The summed E-state index contributed by atoms with van der Waals surface area (Å²) in [6.45, 7) is 2.34. The first-order valence-corrected chi connectivity index (χ1v) is 8.55. The third kappa shape index (κ3) is 3.77. The van der Waals surface area contributed by atoms with Gasteiger partial charge in [0.15, 0.2) is 0 Å². The first-order chi connectivity index (χ1) is 12.1. The van der Waals surface area contributed by atoms with Crippen molar-refractivity contribution in [1.29, 1.82) is 0 Å². The molecule has 5 heteroatoms. The minimum Gasteiger partial charge on any atom is -0.508 e. The van der Waals surface area contributed by atoms with Crippen LogP contribution >= 0.6 is 0 Å². The average molecular weight is 341 g/mol. The van der Waals surface area contributed by atoms with Crippen LogP contribution in [0.15, 0.2) is 54.6 Å². The van der Waals surface area contributed by atoms with Gasteiger partial charge in [-0.25, -0.2) is 4.79 Å². The molecule has 2 N–H and O–H groups in total. The number of aliphatic hydroxyl groups is 1. The number of ether oxygens (including phenoxy) is 1. The number of likely N-dealkylation sites (tertiary alicyclic amines) is 1. The number of hydrogen-bond donors (Lipinski definition) is 2. The van der Waals surface area contributed by atoms with Gasteiger partial charge in [-0.2, -0.15) is 0 Å². The van der Waals surface area contributed by atoms with E-state index in [9.17, 15) is 15.0 Å². The van der Waals surface area contributed by atoms with E-state index in [0.29, 0.717) is 13.0 Å². The predicted octanol–water partition coefficient (Wildman–Crippen LogP) is 3.12. The summed E-state index contributed by atoms with van der Waals surface area (Å²) in [5.74, 6) is 0.0904. The Morgan fingerprint density at radius 1 is 1.16 bits per heavy atom. The van der Waals surface area contributed by atoms with Gasteiger partial charge in [-0.3, -0.25) is 0 Å². The van der Waals surface area contributed by atoms with E-state index >= 15 is 0 Å². The molecule has 0 spiro atoms. The Balaban J connectivity index is 2.01. The van der Waals surface area contributed by atoms with E-state index in [1.165, 1.54) is 0 Å². The van der Waals surface area contributed by atoms with Gasteiger partial charge in [-0.05, 0) is 36.6 Å². The Bertz CT molecular complexity index is 701. The number of carbonyl (C=O) groups is 1. The molecular formula is C20H23NO4. The molecular weight excluding hydrogens is 318 g/mol. The number of aromatic hydroxyl groups is 1. The van der Waals surface area contributed by atoms with Crippen LogP contribution < -0.4 is 0 Å². The maximum Gasteiger partial charge on any atom is 0.410 e. The molecule has 1 aliphatic rings. The highest BCUT2D eigenvalue weighted by molar-refractivity contribution is 5.69. The van der Waals surface area contributed by atoms with E-state index in [2.05, 4.69) is 0 Å². The first kappa shape index (κ1) is 17.3. The molecule has 1 amide bonds. The normalized spacial score (nSPS) is 21.1. The molecule has 25 heavy (non-hydrogen) atoms. The molecule has 1 unspecified atom stereocenters. The predicted molar refractivity (Wildman–Crippen MR) is 94.5 cm³/mol. The molecule has 1 heterocycles. The summed E-state index contributed by atoms with van der Waals surface area (Å²) < 4.78 is 5.18. The highest BCUT2D eigenvalue weighted by atomic mass is 16.6. The van der Waals surface area contributed by atoms with Gasteiger partial charge in [0.25, 0.3) is 0 Å². The first-order valence-electron chi connectivity index (χ1n) is 8.55. The van der Waals surface area contributed by atoms with Crippen LogP contribution in [0.4, 0.5) is 4.79 Å². The average Bonchev–Trinajstić information content (AvgIpc) is 3.00. The minimum atomic E-state index is -0.572. The lowest BCUT2D eigenvalue weighted by Gasteiger charge is -2.31. The van der Waals surface area contributed by atoms with Gasteiger partial charge >= 0.3 is 6.09 Å². The van der Waals surface area contributed by atoms with Crippen molar-refractivity contribution < 1.29 is 19.7 Å². The summed E-state index contributed by atoms with van der Waals surface area (Å²) in [4.78, 5) is 14.0. The number of benzene rings is 2. The van der Waals surface area contributed by atoms with Gasteiger partial charge in [0.05, 0.1) is 19.3 Å². The molecule has 1 aliphatic heterocycles. The van der Waals surface area contributed by atoms with Crippen LogP contribution in [-0.2, 0) is 4.74 Å². The summed E-state index contributed by atoms with van der Waals surface area (Å²) >= 11 is 0. The molecule has 2 aromatic carbocycles. The number of β-amino-alcohol motifs (C(OH)–C–C–N with tert-alkyl or cyclic N) is 1. The van der Waals surface area contributed by atoms with Crippen LogP contribution in [0.1, 0.15) is 30.4 Å². The fourth-order valence-corrected chi connectivity index (χ4v) is 3.55. The summed E-state index contributed by atoms with van der Waals surface area (Å²) in [7, 11) is 0. The molecule has 1 saturated heterocycles. The third-order valence-corrected chi connectivity index (χ3v) is 4.62. The third-order valence-electron chi connectivity index (χ3n) is 4.62. The van der Waals surface area contributed by atoms with Crippen LogP contribution in [0, 0.1) is 0 Å². The van der Waals surface area contributed by atoms with E-state index in [4.69, 9.17) is 4.74 Å². The fraction of sp³-hybridized carbons (Fsp3) is 0.350. The monoisotopic (exact) mass is 341 g/mol. The van der Waals surface area contributed by atoms with Gasteiger partial charge in [-0.1, -0.05) is 42.5 Å². The number of carbonyl (C=O) groups excluding carboxylic acids is 1. The molecule has 1 fully saturated rings. The van der Waals surface area contributed by atoms with Crippen LogP contribution in [-0.4, -0.2) is 46.5 Å². The minimum absolute atomic E-state index is 0.108. The van der Waals surface area contributed by atoms with Crippen LogP contribution in [0.25, 0.3) is 0 Å². The lowest BCUT2D eigenvalue weighted by molar-refractivity contribution is 0.0955. The van der Waals surface area contributed by atoms with Crippen molar-refractivity contribution in [2.75, 3.05) is 13.2 Å². The standard InChI is InChI=1S/C20H23NO4/c1-2-25-20(24)21-13-17(23)12-18(21)19(14-6-4-3-5-7-14)15-8-10-16(22)11-9-15/h3-11,17-19,22-23H,2,12-13H2,1H3/t17-,18+,19?/m1/s1. The Labute approximate surface area is 147 Å². The van der Waals surface area contributed by atoms with Crippen molar-refractivity contribution in [3.63, 3.8) is 0 Å². The van der Waals surface area contributed by atoms with E-state index in [-0.39, 0.29) is 24.3 Å². The molecule has 2 aromatic rings. The number of phenols is 1. The van der Waals surface area contributed by atoms with Crippen molar-refractivity contribution in [1.82, 2.24) is 4.90 Å². The number of aliphatic hydroxyl groups excluding tert-OH is 1. The van der Waals surface area contributed by atoms with Gasteiger partial charge in [0.1, 0.15) is 5.75 Å². The number of phenolic OH excluding ortho intramolecular Hbond substituents is 1. The van der Waals surface area contributed by atoms with Crippen molar-refractivity contribution in [3.8, 4) is 5.75 Å². The molecule has 0 aliphatic carbocycles. The van der Waals surface area contributed by atoms with E-state index < -0.39 is 12.2 Å². The Morgan fingerprint density at radius 3 is 2.44 bits per heavy atom. The lowest BCUT2D eigenvalue weighted by Crippen LogP contribution is -2.40. The quantitative estimate of drug-likeness (QED) is 0.896. The van der Waals surface area contributed by atoms with Crippen LogP contribution in [0.5, 0.6) is 5.75 Å². The second-order valence-corrected chi connectivity index (χ2v) is 6.29. The highest BCUT2D eigenvalue weighted by Crippen LogP contribution is 2.37. The summed E-state index contributed by atoms with van der Waals surface area (Å²) in [5.41, 5.74) is 2.04. The Morgan fingerprint density at radius 2 is 1.80 bits per heavy atom. The maximum atomic E-state index is 12.4. The van der Waals surface area contributed by atoms with E-state index in [1.807, 2.05) is 42.5 Å². The SMILES string of the molecule is CCOC(=O)N1C[C@H](O)C[C@H]1C(c1ccccc1)c1ccc(O)cc1. The van der Waals surface area contributed by atoms with Crippen molar-refractivity contribution in [3.05, 3.63) is 65.7 Å². The zero-order chi connectivity index (χ0) is 17.8. The molecule has 0 aromatic heterocycles. The molecule has 5 nitrogen and oxygen atoms in total. The van der Waals surface area contributed by atoms with E-state index in [0.717, 1.165) is 11.1 Å². The fourth-order valence-electron chi connectivity index (χ4n) is 3.55. The second kappa shape index (κ2) is 7.57. The lowest BCUT2D eigenvalue weighted by atomic mass is 9.83. The molecule has 0 saturated carbocycles. The van der Waals surface area contributed by atoms with Crippen molar-refractivity contribution in [2.45, 2.75) is 31.4 Å². The Hall–Kier alpha value is -2.53.